The topological polar surface area (TPSA) is 91.0 Å². The van der Waals surface area contributed by atoms with E-state index in [1.807, 2.05) is 0 Å². The number of anilines is 1. The number of carbonyl (C=O) groups excluding carboxylic acids is 1. The summed E-state index contributed by atoms with van der Waals surface area (Å²) >= 11 is 3.29. The molecule has 0 spiro atoms. The molecule has 21 heavy (non-hydrogen) atoms. The molecule has 0 fully saturated rings. The van der Waals surface area contributed by atoms with Crippen LogP contribution in [0.3, 0.4) is 0 Å². The quantitative estimate of drug-likeness (QED) is 0.499. The van der Waals surface area contributed by atoms with Crippen LogP contribution in [0.2, 0.25) is 0 Å². The third-order valence-corrected chi connectivity index (χ3v) is 3.03. The molecule has 0 amide bonds. The molecule has 0 radical (unpaired) electrons. The van der Waals surface area contributed by atoms with Gasteiger partial charge in [0.15, 0.2) is 0 Å². The first kappa shape index (κ1) is 15.4. The van der Waals surface area contributed by atoms with Gasteiger partial charge in [0.2, 0.25) is 0 Å². The van der Waals surface area contributed by atoms with E-state index in [9.17, 15) is 10.0 Å². The maximum atomic E-state index is 11.8. The molecule has 7 nitrogen and oxygen atoms in total. The number of carbonyl (C=O) groups is 1. The zero-order valence-electron chi connectivity index (χ0n) is 11.7. The largest absolute Gasteiger partial charge is 0.594 e. The van der Waals surface area contributed by atoms with Gasteiger partial charge in [-0.25, -0.2) is 4.98 Å². The van der Waals surface area contributed by atoms with Crippen LogP contribution in [0, 0.1) is 5.21 Å². The van der Waals surface area contributed by atoms with Crippen molar-refractivity contribution < 1.29 is 14.4 Å². The molecule has 2 aromatic rings. The second kappa shape index (κ2) is 6.66. The Morgan fingerprint density at radius 1 is 1.52 bits per heavy atom. The van der Waals surface area contributed by atoms with Crippen molar-refractivity contribution in [2.24, 2.45) is 0 Å². The molecule has 0 bridgehead atoms. The summed E-state index contributed by atoms with van der Waals surface area (Å²) in [4.78, 5) is 16.1. The molecule has 0 aliphatic carbocycles. The van der Waals surface area contributed by atoms with Crippen molar-refractivity contribution in [1.29, 1.82) is 0 Å². The molecule has 112 valence electrons. The molecule has 8 heteroatoms. The second-order valence-electron chi connectivity index (χ2n) is 4.66. The van der Waals surface area contributed by atoms with Crippen LogP contribution in [0.5, 0.6) is 0 Å². The average Bonchev–Trinajstić information content (AvgIpc) is 2.39. The SMILES string of the molecule is CC(C)OC(=O)CCNc1nc2ccc(Br)cc2[n+]([O-])n1. The van der Waals surface area contributed by atoms with Gasteiger partial charge < -0.3 is 15.3 Å². The number of esters is 1. The Labute approximate surface area is 130 Å². The van der Waals surface area contributed by atoms with Crippen LogP contribution in [-0.4, -0.2) is 28.7 Å². The highest BCUT2D eigenvalue weighted by atomic mass is 79.9. The first-order valence-corrected chi connectivity index (χ1v) is 7.25. The first-order valence-electron chi connectivity index (χ1n) is 6.46. The Bertz CT molecular complexity index is 663. The molecule has 0 unspecified atom stereocenters. The molecule has 1 aromatic heterocycles. The maximum absolute atomic E-state index is 11.8. The maximum Gasteiger partial charge on any atom is 0.307 e. The van der Waals surface area contributed by atoms with Gasteiger partial charge in [-0.15, -0.1) is 0 Å². The van der Waals surface area contributed by atoms with Crippen LogP contribution in [0.15, 0.2) is 22.7 Å². The third-order valence-electron chi connectivity index (χ3n) is 2.53. The van der Waals surface area contributed by atoms with Gasteiger partial charge in [0, 0.05) is 17.1 Å². The lowest BCUT2D eigenvalue weighted by Crippen LogP contribution is -2.33. The summed E-state index contributed by atoms with van der Waals surface area (Å²) in [5.74, 6) is -0.130. The minimum absolute atomic E-state index is 0.142. The minimum atomic E-state index is -0.308. The molecular formula is C13H15BrN4O3. The van der Waals surface area contributed by atoms with Gasteiger partial charge >= 0.3 is 5.97 Å². The Hall–Kier alpha value is -1.96. The highest BCUT2D eigenvalue weighted by Gasteiger charge is 2.12. The van der Waals surface area contributed by atoms with E-state index in [1.165, 1.54) is 0 Å². The van der Waals surface area contributed by atoms with Crippen molar-refractivity contribution in [3.63, 3.8) is 0 Å². The highest BCUT2D eigenvalue weighted by molar-refractivity contribution is 9.10. The van der Waals surface area contributed by atoms with E-state index in [1.54, 1.807) is 32.0 Å². The van der Waals surface area contributed by atoms with Crippen LogP contribution < -0.4 is 10.2 Å². The number of fused-ring (bicyclic) bond motifs is 1. The Morgan fingerprint density at radius 2 is 2.29 bits per heavy atom. The Balaban J connectivity index is 2.03. The molecule has 1 aromatic carbocycles. The van der Waals surface area contributed by atoms with Gasteiger partial charge in [-0.2, -0.15) is 0 Å². The molecule has 1 N–H and O–H groups in total. The van der Waals surface area contributed by atoms with Crippen molar-refractivity contribution in [2.75, 3.05) is 11.9 Å². The summed E-state index contributed by atoms with van der Waals surface area (Å²) in [6, 6.07) is 5.15. The number of aromatic nitrogens is 3. The van der Waals surface area contributed by atoms with E-state index in [0.717, 1.165) is 4.47 Å². The molecule has 2 rings (SSSR count). The van der Waals surface area contributed by atoms with Gasteiger partial charge in [-0.3, -0.25) is 4.79 Å². The van der Waals surface area contributed by atoms with E-state index in [2.05, 4.69) is 31.3 Å². The lowest BCUT2D eigenvalue weighted by molar-refractivity contribution is -0.641. The van der Waals surface area contributed by atoms with Crippen molar-refractivity contribution in [3.8, 4) is 0 Å². The number of nitrogens with zero attached hydrogens (tertiary/aromatic N) is 3. The number of ether oxygens (including phenoxy) is 1. The fourth-order valence-electron chi connectivity index (χ4n) is 1.69. The standard InChI is InChI=1S/C13H15BrN4O3/c1-8(2)21-12(19)5-6-15-13-16-10-4-3-9(14)7-11(10)18(20)17-13/h3-4,7-8H,5-6H2,1-2H3,(H,15,16,17). The summed E-state index contributed by atoms with van der Waals surface area (Å²) < 4.78 is 5.78. The average molecular weight is 355 g/mol. The molecule has 0 saturated heterocycles. The van der Waals surface area contributed by atoms with Crippen LogP contribution in [0.4, 0.5) is 5.95 Å². The zero-order chi connectivity index (χ0) is 15.4. The molecule has 0 aliphatic rings. The number of rotatable bonds is 5. The lowest BCUT2D eigenvalue weighted by Gasteiger charge is -2.08. The van der Waals surface area contributed by atoms with Gasteiger partial charge in [-0.05, 0) is 30.8 Å². The molecule has 0 saturated carbocycles. The van der Waals surface area contributed by atoms with Gasteiger partial charge in [-0.1, -0.05) is 15.9 Å². The molecule has 0 atom stereocenters. The summed E-state index contributed by atoms with van der Waals surface area (Å²) in [5.41, 5.74) is 0.893. The monoisotopic (exact) mass is 354 g/mol. The number of benzene rings is 1. The number of nitrogens with one attached hydrogen (secondary N) is 1. The molecule has 1 heterocycles. The van der Waals surface area contributed by atoms with Gasteiger partial charge in [0.05, 0.1) is 17.6 Å². The summed E-state index contributed by atoms with van der Waals surface area (Å²) in [6.45, 7) is 3.88. The van der Waals surface area contributed by atoms with Gasteiger partial charge in [0.25, 0.3) is 11.5 Å². The fourth-order valence-corrected chi connectivity index (χ4v) is 2.04. The first-order chi connectivity index (χ1) is 9.95. The molecule has 0 aliphatic heterocycles. The van der Waals surface area contributed by atoms with Crippen LogP contribution >= 0.6 is 15.9 Å². The van der Waals surface area contributed by atoms with Crippen molar-refractivity contribution >= 4 is 38.9 Å². The third kappa shape index (κ3) is 4.25. The van der Waals surface area contributed by atoms with Gasteiger partial charge in [0.1, 0.15) is 5.52 Å². The lowest BCUT2D eigenvalue weighted by atomic mass is 10.3. The van der Waals surface area contributed by atoms with Crippen molar-refractivity contribution in [1.82, 2.24) is 10.1 Å². The fraction of sp³-hybridized carbons (Fsp3) is 0.385. The smallest absolute Gasteiger partial charge is 0.307 e. The number of hydrogen-bond acceptors (Lipinski definition) is 6. The highest BCUT2D eigenvalue weighted by Crippen LogP contribution is 2.15. The predicted molar refractivity (Wildman–Crippen MR) is 80.5 cm³/mol. The van der Waals surface area contributed by atoms with Crippen LogP contribution in [-0.2, 0) is 9.53 Å². The Morgan fingerprint density at radius 3 is 3.00 bits per heavy atom. The van der Waals surface area contributed by atoms with E-state index in [4.69, 9.17) is 4.74 Å². The summed E-state index contributed by atoms with van der Waals surface area (Å²) in [5, 5.41) is 18.4. The van der Waals surface area contributed by atoms with E-state index < -0.39 is 0 Å². The molecular weight excluding hydrogens is 340 g/mol. The summed E-state index contributed by atoms with van der Waals surface area (Å²) in [6.07, 6.45) is 0.0374. The Kier molecular flexibility index (Phi) is 4.89. The van der Waals surface area contributed by atoms with Crippen LogP contribution in [0.25, 0.3) is 11.0 Å². The second-order valence-corrected chi connectivity index (χ2v) is 5.57. The van der Waals surface area contributed by atoms with Crippen LogP contribution in [0.1, 0.15) is 20.3 Å². The normalized spacial score (nSPS) is 10.9. The van der Waals surface area contributed by atoms with Crippen molar-refractivity contribution in [3.05, 3.63) is 27.9 Å². The number of halogens is 1. The van der Waals surface area contributed by atoms with E-state index >= 15 is 0 Å². The van der Waals surface area contributed by atoms with Crippen molar-refractivity contribution in [2.45, 2.75) is 26.4 Å². The summed E-state index contributed by atoms with van der Waals surface area (Å²) in [7, 11) is 0. The number of hydrogen-bond donors (Lipinski definition) is 1. The minimum Gasteiger partial charge on any atom is -0.594 e. The predicted octanol–water partition coefficient (Wildman–Crippen LogP) is 1.78. The van der Waals surface area contributed by atoms with E-state index in [0.29, 0.717) is 22.4 Å². The van der Waals surface area contributed by atoms with E-state index in [-0.39, 0.29) is 24.4 Å². The zero-order valence-corrected chi connectivity index (χ0v) is 13.3.